The zero-order valence-electron chi connectivity index (χ0n) is 19.2. The van der Waals surface area contributed by atoms with Gasteiger partial charge in [0.1, 0.15) is 0 Å². The predicted molar refractivity (Wildman–Crippen MR) is 138 cm³/mol. The van der Waals surface area contributed by atoms with Gasteiger partial charge < -0.3 is 9.31 Å². The van der Waals surface area contributed by atoms with Crippen LogP contribution in [0.2, 0.25) is 0 Å². The Hall–Kier alpha value is -4.71. The normalized spacial score (nSPS) is 19.6. The Morgan fingerprint density at radius 3 is 1.22 bits per heavy atom. The number of nitrogens with zero attached hydrogens (tertiary/aromatic N) is 4. The second-order valence-corrected chi connectivity index (χ2v) is 7.74. The van der Waals surface area contributed by atoms with E-state index in [0.717, 1.165) is 10.4 Å². The third-order valence-electron chi connectivity index (χ3n) is 5.50. The van der Waals surface area contributed by atoms with Gasteiger partial charge in [0, 0.05) is 22.8 Å². The van der Waals surface area contributed by atoms with E-state index in [1.54, 1.807) is 12.4 Å². The summed E-state index contributed by atoms with van der Waals surface area (Å²) in [5.74, 6) is 0.447. The first-order chi connectivity index (χ1) is 17.8. The summed E-state index contributed by atoms with van der Waals surface area (Å²) >= 11 is 0. The predicted octanol–water partition coefficient (Wildman–Crippen LogP) is -0.913. The summed E-state index contributed by atoms with van der Waals surface area (Å²) in [5, 5.41) is 5.28. The molecule has 0 fully saturated rings. The van der Waals surface area contributed by atoms with Crippen molar-refractivity contribution < 1.29 is 9.31 Å². The number of hydrogen-bond acceptors (Lipinski definition) is 6. The molecule has 4 radical (unpaired) electrons. The van der Waals surface area contributed by atoms with Gasteiger partial charge in [-0.25, -0.2) is 9.98 Å². The quantitative estimate of drug-likeness (QED) is 0.361. The lowest BCUT2D eigenvalue weighted by molar-refractivity contribution is 0.548. The summed E-state index contributed by atoms with van der Waals surface area (Å²) < 4.78 is 10.4. The van der Waals surface area contributed by atoms with Crippen molar-refractivity contribution in [2.24, 2.45) is 20.0 Å². The molecular formula is C28H18B2N4O2. The van der Waals surface area contributed by atoms with Gasteiger partial charge in [-0.3, -0.25) is 9.98 Å². The molecule has 8 heteroatoms. The minimum absolute atomic E-state index is 0.223. The summed E-state index contributed by atoms with van der Waals surface area (Å²) in [6.07, 6.45) is 3.42. The molecule has 0 aromatic heterocycles. The Kier molecular flexibility index (Phi) is 6.85. The highest BCUT2D eigenvalue weighted by atomic mass is 16.4. The second kappa shape index (κ2) is 10.7. The van der Waals surface area contributed by atoms with Crippen molar-refractivity contribution >= 4 is 40.3 Å². The second-order valence-electron chi connectivity index (χ2n) is 7.74. The van der Waals surface area contributed by atoms with Crippen LogP contribution in [0.1, 0.15) is 0 Å². The molecule has 0 spiro atoms. The molecule has 1 aliphatic heterocycles. The SMILES string of the molecule is [B]OC1=c2\ccccc2=NC=c2cccc\c2=N/C(O[B])=c2/cccc/c2=N\C=c2/cccc/c2=N/1. The summed E-state index contributed by atoms with van der Waals surface area (Å²) in [7, 11) is 11.3. The van der Waals surface area contributed by atoms with Gasteiger partial charge in [-0.2, -0.15) is 0 Å². The minimum Gasteiger partial charge on any atom is -0.554 e. The molecule has 5 rings (SSSR count). The molecule has 6 nitrogen and oxygen atoms in total. The Balaban J connectivity index is 2.03. The number of benzene rings is 4. The maximum atomic E-state index is 5.67. The zero-order valence-corrected chi connectivity index (χ0v) is 19.2. The van der Waals surface area contributed by atoms with E-state index < -0.39 is 0 Å². The van der Waals surface area contributed by atoms with Gasteiger partial charge in [0.2, 0.25) is 11.8 Å². The van der Waals surface area contributed by atoms with Gasteiger partial charge in [0.15, 0.2) is 0 Å². The fraction of sp³-hybridized carbons (Fsp3) is 0. The number of fused-ring (bicyclic) bond motifs is 4. The molecule has 0 aliphatic carbocycles. The third kappa shape index (κ3) is 4.88. The lowest BCUT2D eigenvalue weighted by atomic mass is 10.2. The molecular weight excluding hydrogens is 446 g/mol. The fourth-order valence-corrected chi connectivity index (χ4v) is 3.73. The van der Waals surface area contributed by atoms with Crippen LogP contribution >= 0.6 is 0 Å². The molecule has 0 amide bonds. The molecule has 0 N–H and O–H groups in total. The van der Waals surface area contributed by atoms with Crippen LogP contribution in [-0.2, 0) is 9.31 Å². The van der Waals surface area contributed by atoms with Gasteiger partial charge in [-0.05, 0) is 36.4 Å². The van der Waals surface area contributed by atoms with Crippen molar-refractivity contribution in [1.82, 2.24) is 0 Å². The van der Waals surface area contributed by atoms with Crippen LogP contribution in [0.4, 0.5) is 0 Å². The monoisotopic (exact) mass is 464 g/mol. The van der Waals surface area contributed by atoms with Crippen molar-refractivity contribution in [2.75, 3.05) is 0 Å². The Morgan fingerprint density at radius 1 is 0.444 bits per heavy atom. The van der Waals surface area contributed by atoms with Crippen LogP contribution in [0, 0.1) is 0 Å². The number of rotatable bonds is 2. The van der Waals surface area contributed by atoms with E-state index in [9.17, 15) is 0 Å². The highest BCUT2D eigenvalue weighted by molar-refractivity contribution is 6.00. The van der Waals surface area contributed by atoms with Gasteiger partial charge in [-0.15, -0.1) is 0 Å². The lowest BCUT2D eigenvalue weighted by Gasteiger charge is -2.02. The van der Waals surface area contributed by atoms with E-state index in [1.165, 1.54) is 0 Å². The molecule has 4 aromatic carbocycles. The van der Waals surface area contributed by atoms with Crippen LogP contribution < -0.4 is 42.3 Å². The molecule has 1 aliphatic rings. The number of hydrogen-bond donors (Lipinski definition) is 0. The standard InChI is InChI=1S/C28H18B2N4O2/c29-35-27-22-12-4-8-16-26(22)32-18-20-10-2-6-14-24(20)34-28(36-30)21-11-3-7-15-25(21)31-17-19-9-1-5-13-23(19)33-27/h1-18H/b19-17+,20-18?,27-22-,28-21+,31-17?,31-25+,32-18?,32-26?,33-23-,33-27?,34-24+,34-28?. The van der Waals surface area contributed by atoms with Crippen LogP contribution in [0.15, 0.2) is 117 Å². The Bertz CT molecular complexity index is 1800. The van der Waals surface area contributed by atoms with Gasteiger partial charge in [0.05, 0.1) is 31.9 Å². The Morgan fingerprint density at radius 2 is 0.806 bits per heavy atom. The molecule has 168 valence electrons. The summed E-state index contributed by atoms with van der Waals surface area (Å²) in [4.78, 5) is 18.8. The van der Waals surface area contributed by atoms with E-state index in [2.05, 4.69) is 0 Å². The zero-order chi connectivity index (χ0) is 24.7. The van der Waals surface area contributed by atoms with E-state index in [1.807, 2.05) is 97.1 Å². The first-order valence-electron chi connectivity index (χ1n) is 11.1. The first-order valence-corrected chi connectivity index (χ1v) is 11.1. The molecule has 0 saturated carbocycles. The largest absolute Gasteiger partial charge is 0.554 e. The average molecular weight is 464 g/mol. The van der Waals surface area contributed by atoms with Gasteiger partial charge in [-0.1, -0.05) is 60.7 Å². The van der Waals surface area contributed by atoms with E-state index in [0.29, 0.717) is 31.9 Å². The van der Waals surface area contributed by atoms with Crippen molar-refractivity contribution in [1.29, 1.82) is 0 Å². The Labute approximate surface area is 208 Å². The summed E-state index contributed by atoms with van der Waals surface area (Å²) in [6, 6.07) is 30.0. The van der Waals surface area contributed by atoms with Crippen LogP contribution in [-0.4, -0.2) is 16.1 Å². The molecule has 0 bridgehead atoms. The molecule has 1 heterocycles. The molecule has 36 heavy (non-hydrogen) atoms. The van der Waals surface area contributed by atoms with Crippen molar-refractivity contribution in [3.05, 3.63) is 139 Å². The summed E-state index contributed by atoms with van der Waals surface area (Å²) in [5.41, 5.74) is 0. The minimum atomic E-state index is 0.223. The van der Waals surface area contributed by atoms with E-state index in [4.69, 9.17) is 45.4 Å². The highest BCUT2D eigenvalue weighted by Gasteiger charge is 2.00. The smallest absolute Gasteiger partial charge is 0.376 e. The maximum Gasteiger partial charge on any atom is 0.376 e. The van der Waals surface area contributed by atoms with E-state index in [-0.39, 0.29) is 11.8 Å². The lowest BCUT2D eigenvalue weighted by Crippen LogP contribution is -2.32. The van der Waals surface area contributed by atoms with Gasteiger partial charge >= 0.3 is 16.1 Å². The van der Waals surface area contributed by atoms with Crippen LogP contribution in [0.3, 0.4) is 0 Å². The highest BCUT2D eigenvalue weighted by Crippen LogP contribution is 1.94. The molecule has 4 aromatic rings. The van der Waals surface area contributed by atoms with Crippen molar-refractivity contribution in [3.63, 3.8) is 0 Å². The third-order valence-corrected chi connectivity index (χ3v) is 5.50. The topological polar surface area (TPSA) is 67.9 Å². The van der Waals surface area contributed by atoms with Gasteiger partial charge in [0.25, 0.3) is 0 Å². The fourth-order valence-electron chi connectivity index (χ4n) is 3.73. The first kappa shape index (κ1) is 23.1. The van der Waals surface area contributed by atoms with Crippen molar-refractivity contribution in [3.8, 4) is 0 Å². The summed E-state index contributed by atoms with van der Waals surface area (Å²) in [6.45, 7) is 0. The molecule has 0 atom stereocenters. The average Bonchev–Trinajstić information content (AvgIpc) is 2.93. The molecule has 0 unspecified atom stereocenters. The molecule has 0 saturated heterocycles. The van der Waals surface area contributed by atoms with Crippen LogP contribution in [0.25, 0.3) is 24.2 Å². The maximum absolute atomic E-state index is 5.67. The van der Waals surface area contributed by atoms with E-state index >= 15 is 0 Å². The van der Waals surface area contributed by atoms with Crippen molar-refractivity contribution in [2.45, 2.75) is 0 Å². The van der Waals surface area contributed by atoms with Crippen LogP contribution in [0.5, 0.6) is 0 Å². The number of para-hydroxylation sites is 4.